The first kappa shape index (κ1) is 17.0. The van der Waals surface area contributed by atoms with E-state index in [0.29, 0.717) is 0 Å². The Morgan fingerprint density at radius 2 is 1.64 bits per heavy atom. The van der Waals surface area contributed by atoms with E-state index in [-0.39, 0.29) is 5.97 Å². The van der Waals surface area contributed by atoms with Gasteiger partial charge in [0.05, 0.1) is 11.2 Å². The van der Waals surface area contributed by atoms with Crippen molar-refractivity contribution in [3.05, 3.63) is 66.7 Å². The summed E-state index contributed by atoms with van der Waals surface area (Å²) in [7, 11) is 0. The van der Waals surface area contributed by atoms with Gasteiger partial charge in [0.15, 0.2) is 0 Å². The van der Waals surface area contributed by atoms with Crippen molar-refractivity contribution in [3.63, 3.8) is 0 Å². The zero-order valence-electron chi connectivity index (χ0n) is 15.1. The van der Waals surface area contributed by atoms with Crippen LogP contribution < -0.4 is 0 Å². The van der Waals surface area contributed by atoms with Crippen LogP contribution in [-0.2, 0) is 9.53 Å². The van der Waals surface area contributed by atoms with Gasteiger partial charge in [0, 0.05) is 17.2 Å². The molecule has 0 aliphatic heterocycles. The molecular formula is C22H23NO2. The second kappa shape index (κ2) is 6.60. The maximum atomic E-state index is 12.2. The summed E-state index contributed by atoms with van der Waals surface area (Å²) in [4.78, 5) is 12.2. The number of benzene rings is 2. The number of allylic oxidation sites excluding steroid dienone is 1. The Bertz CT molecular complexity index is 928. The molecule has 128 valence electrons. The third kappa shape index (κ3) is 3.82. The number of para-hydroxylation sites is 1. The molecule has 0 saturated heterocycles. The molecular weight excluding hydrogens is 310 g/mol. The summed E-state index contributed by atoms with van der Waals surface area (Å²) in [6.07, 6.45) is 1.56. The normalized spacial score (nSPS) is 12.4. The summed E-state index contributed by atoms with van der Waals surface area (Å²) < 4.78 is 7.54. The first-order valence-corrected chi connectivity index (χ1v) is 8.43. The van der Waals surface area contributed by atoms with Crippen LogP contribution in [0.5, 0.6) is 0 Å². The summed E-state index contributed by atoms with van der Waals surface area (Å²) in [6, 6.07) is 20.5. The van der Waals surface area contributed by atoms with E-state index in [1.807, 2.05) is 58.0 Å². The highest BCUT2D eigenvalue weighted by Gasteiger charge is 2.16. The zero-order chi connectivity index (χ0) is 18.0. The lowest BCUT2D eigenvalue weighted by Crippen LogP contribution is -2.22. The Labute approximate surface area is 148 Å². The number of esters is 1. The minimum absolute atomic E-state index is 0.332. The van der Waals surface area contributed by atoms with Gasteiger partial charge in [-0.2, -0.15) is 0 Å². The molecule has 0 aliphatic carbocycles. The molecule has 0 radical (unpaired) electrons. The number of hydrogen-bond donors (Lipinski definition) is 0. The molecule has 0 spiro atoms. The molecule has 0 atom stereocenters. The lowest BCUT2D eigenvalue weighted by molar-refractivity contribution is -0.148. The predicted octanol–water partition coefficient (Wildman–Crippen LogP) is 5.51. The van der Waals surface area contributed by atoms with E-state index >= 15 is 0 Å². The molecule has 1 heterocycles. The molecule has 1 aromatic heterocycles. The van der Waals surface area contributed by atoms with Crippen molar-refractivity contribution in [1.29, 1.82) is 0 Å². The fraction of sp³-hybridized carbons (Fsp3) is 0.227. The molecule has 0 fully saturated rings. The molecule has 3 aromatic rings. The van der Waals surface area contributed by atoms with Gasteiger partial charge < -0.3 is 9.30 Å². The fourth-order valence-electron chi connectivity index (χ4n) is 2.92. The van der Waals surface area contributed by atoms with E-state index < -0.39 is 5.60 Å². The number of nitrogens with zero attached hydrogens (tertiary/aromatic N) is 1. The van der Waals surface area contributed by atoms with Crippen LogP contribution in [0.25, 0.3) is 27.9 Å². The lowest BCUT2D eigenvalue weighted by atomic mass is 10.1. The van der Waals surface area contributed by atoms with Crippen LogP contribution in [0.15, 0.2) is 66.7 Å². The van der Waals surface area contributed by atoms with Gasteiger partial charge in [0.2, 0.25) is 0 Å². The highest BCUT2D eigenvalue weighted by molar-refractivity contribution is 5.94. The average molecular weight is 333 g/mol. The molecule has 0 bridgehead atoms. The molecule has 0 saturated carbocycles. The van der Waals surface area contributed by atoms with Crippen LogP contribution >= 0.6 is 0 Å². The summed E-state index contributed by atoms with van der Waals surface area (Å²) in [5.74, 6) is -0.332. The summed E-state index contributed by atoms with van der Waals surface area (Å²) in [5, 5.41) is 1.14. The van der Waals surface area contributed by atoms with Gasteiger partial charge in [0.1, 0.15) is 5.60 Å². The first-order chi connectivity index (χ1) is 11.8. The first-order valence-electron chi connectivity index (χ1n) is 8.43. The average Bonchev–Trinajstić information content (AvgIpc) is 2.93. The largest absolute Gasteiger partial charge is 0.457 e. The second-order valence-corrected chi connectivity index (χ2v) is 7.11. The fourth-order valence-corrected chi connectivity index (χ4v) is 2.92. The van der Waals surface area contributed by atoms with Crippen molar-refractivity contribution in [1.82, 2.24) is 4.57 Å². The highest BCUT2D eigenvalue weighted by atomic mass is 16.6. The quantitative estimate of drug-likeness (QED) is 0.467. The van der Waals surface area contributed by atoms with Gasteiger partial charge in [0.25, 0.3) is 0 Å². The molecule has 2 aromatic carbocycles. The molecule has 0 unspecified atom stereocenters. The van der Waals surface area contributed by atoms with Gasteiger partial charge in [-0.3, -0.25) is 0 Å². The van der Waals surface area contributed by atoms with Gasteiger partial charge in [-0.25, -0.2) is 4.79 Å². The summed E-state index contributed by atoms with van der Waals surface area (Å²) in [6.45, 7) is 7.54. The van der Waals surface area contributed by atoms with E-state index in [0.717, 1.165) is 27.9 Å². The van der Waals surface area contributed by atoms with Gasteiger partial charge >= 0.3 is 5.97 Å². The smallest absolute Gasteiger partial charge is 0.333 e. The second-order valence-electron chi connectivity index (χ2n) is 7.11. The Morgan fingerprint density at radius 1 is 1.00 bits per heavy atom. The number of carbonyl (C=O) groups excluding carboxylic acids is 1. The summed E-state index contributed by atoms with van der Waals surface area (Å²) >= 11 is 0. The topological polar surface area (TPSA) is 31.2 Å². The lowest BCUT2D eigenvalue weighted by Gasteiger charge is -2.19. The van der Waals surface area contributed by atoms with Gasteiger partial charge in [-0.1, -0.05) is 48.5 Å². The maximum absolute atomic E-state index is 12.2. The Morgan fingerprint density at radius 3 is 2.32 bits per heavy atom. The van der Waals surface area contributed by atoms with Gasteiger partial charge in [-0.15, -0.1) is 0 Å². The molecule has 0 N–H and O–H groups in total. The molecule has 25 heavy (non-hydrogen) atoms. The van der Waals surface area contributed by atoms with Crippen molar-refractivity contribution >= 4 is 22.6 Å². The Hall–Kier alpha value is -2.81. The third-order valence-corrected chi connectivity index (χ3v) is 3.87. The minimum atomic E-state index is -0.505. The third-order valence-electron chi connectivity index (χ3n) is 3.87. The van der Waals surface area contributed by atoms with Crippen molar-refractivity contribution in [2.45, 2.75) is 33.3 Å². The van der Waals surface area contributed by atoms with E-state index in [1.54, 1.807) is 6.08 Å². The number of hydrogen-bond acceptors (Lipinski definition) is 2. The van der Waals surface area contributed by atoms with Crippen LogP contribution in [0.3, 0.4) is 0 Å². The van der Waals surface area contributed by atoms with Gasteiger partial charge in [-0.05, 0) is 45.4 Å². The van der Waals surface area contributed by atoms with Crippen LogP contribution in [0.1, 0.15) is 27.7 Å². The molecule has 3 heteroatoms. The monoisotopic (exact) mass is 333 g/mol. The Balaban J connectivity index is 2.12. The zero-order valence-corrected chi connectivity index (χ0v) is 15.1. The molecule has 0 amide bonds. The molecule has 3 rings (SSSR count). The highest BCUT2D eigenvalue weighted by Crippen LogP contribution is 2.31. The van der Waals surface area contributed by atoms with Crippen LogP contribution in [-0.4, -0.2) is 16.1 Å². The van der Waals surface area contributed by atoms with Crippen molar-refractivity contribution < 1.29 is 9.53 Å². The minimum Gasteiger partial charge on any atom is -0.457 e. The predicted molar refractivity (Wildman–Crippen MR) is 103 cm³/mol. The van der Waals surface area contributed by atoms with E-state index in [9.17, 15) is 4.79 Å². The summed E-state index contributed by atoms with van der Waals surface area (Å²) in [5.41, 5.74) is 3.55. The van der Waals surface area contributed by atoms with E-state index in [4.69, 9.17) is 4.74 Å². The van der Waals surface area contributed by atoms with E-state index in [2.05, 4.69) is 34.9 Å². The van der Waals surface area contributed by atoms with E-state index in [1.165, 1.54) is 0 Å². The molecule has 3 nitrogen and oxygen atoms in total. The Kier molecular flexibility index (Phi) is 4.49. The molecule has 0 aliphatic rings. The standard InChI is InChI=1S/C22H23NO2/c1-16(14-21(24)25-22(2,3)4)23-19-13-9-8-12-18(19)15-20(23)17-10-6-5-7-11-17/h5-15H,1-4H3/b16-14-. The van der Waals surface area contributed by atoms with Crippen LogP contribution in [0.2, 0.25) is 0 Å². The van der Waals surface area contributed by atoms with Crippen LogP contribution in [0.4, 0.5) is 0 Å². The van der Waals surface area contributed by atoms with Crippen molar-refractivity contribution in [2.24, 2.45) is 0 Å². The number of ether oxygens (including phenoxy) is 1. The van der Waals surface area contributed by atoms with Crippen molar-refractivity contribution in [2.75, 3.05) is 0 Å². The van der Waals surface area contributed by atoms with Crippen molar-refractivity contribution in [3.8, 4) is 11.3 Å². The number of carbonyl (C=O) groups is 1. The number of rotatable bonds is 3. The SMILES string of the molecule is C/C(=C/C(=O)OC(C)(C)C)n1c(-c2ccccc2)cc2ccccc21. The van der Waals surface area contributed by atoms with Crippen LogP contribution in [0, 0.1) is 0 Å². The number of aromatic nitrogens is 1. The maximum Gasteiger partial charge on any atom is 0.333 e. The number of fused-ring (bicyclic) bond motifs is 1.